The van der Waals surface area contributed by atoms with Gasteiger partial charge in [0.05, 0.1) is 10.8 Å². The molecule has 6 N–H and O–H groups in total. The summed E-state index contributed by atoms with van der Waals surface area (Å²) in [6.45, 7) is 8.87. The predicted molar refractivity (Wildman–Crippen MR) is 186 cm³/mol. The van der Waals surface area contributed by atoms with Gasteiger partial charge in [0.2, 0.25) is 23.7 Å². The first-order valence-corrected chi connectivity index (χ1v) is 15.9. The number of fused-ring (bicyclic) bond motifs is 4. The molecule has 8 rings (SSSR count). The molecule has 16 heteroatoms. The van der Waals surface area contributed by atoms with Gasteiger partial charge >= 0.3 is 0 Å². The van der Waals surface area contributed by atoms with Crippen molar-refractivity contribution in [3.63, 3.8) is 0 Å². The average Bonchev–Trinajstić information content (AvgIpc) is 3.78. The minimum Gasteiger partial charge on any atom is -0.367 e. The van der Waals surface area contributed by atoms with E-state index in [1.54, 1.807) is 33.8 Å². The van der Waals surface area contributed by atoms with Crippen molar-refractivity contribution in [2.45, 2.75) is 44.9 Å². The van der Waals surface area contributed by atoms with Crippen LogP contribution >= 0.6 is 0 Å². The summed E-state index contributed by atoms with van der Waals surface area (Å²) in [5.41, 5.74) is 5.04. The minimum absolute atomic E-state index is 0.0227. The summed E-state index contributed by atoms with van der Waals surface area (Å²) in [5.74, 6) is 1.99. The summed E-state index contributed by atoms with van der Waals surface area (Å²) >= 11 is 0. The fourth-order valence-electron chi connectivity index (χ4n) is 6.09. The van der Waals surface area contributed by atoms with Gasteiger partial charge in [0.25, 0.3) is 0 Å². The minimum atomic E-state index is -0.567. The molecule has 49 heavy (non-hydrogen) atoms. The Morgan fingerprint density at radius 2 is 1.12 bits per heavy atom. The Bertz CT molecular complexity index is 2130. The molecule has 0 unspecified atom stereocenters. The van der Waals surface area contributed by atoms with E-state index in [4.69, 9.17) is 0 Å². The Balaban J connectivity index is 0.882. The molecular formula is C33H34N14O2. The van der Waals surface area contributed by atoms with Crippen LogP contribution in [-0.2, 0) is 20.4 Å². The Labute approximate surface area is 280 Å². The third-order valence-corrected chi connectivity index (χ3v) is 8.98. The van der Waals surface area contributed by atoms with E-state index >= 15 is 0 Å². The molecule has 0 spiro atoms. The van der Waals surface area contributed by atoms with Crippen molar-refractivity contribution in [3.05, 3.63) is 72.3 Å². The number of benzene rings is 2. The molecule has 0 saturated heterocycles. The fourth-order valence-corrected chi connectivity index (χ4v) is 6.09. The maximum absolute atomic E-state index is 12.3. The van der Waals surface area contributed by atoms with Gasteiger partial charge < -0.3 is 31.9 Å². The quantitative estimate of drug-likeness (QED) is 0.114. The highest BCUT2D eigenvalue weighted by molar-refractivity contribution is 6.07. The van der Waals surface area contributed by atoms with E-state index in [0.717, 1.165) is 40.3 Å². The van der Waals surface area contributed by atoms with E-state index < -0.39 is 10.8 Å². The maximum atomic E-state index is 12.3. The summed E-state index contributed by atoms with van der Waals surface area (Å²) in [6.07, 6.45) is 7.56. The number of rotatable bonds is 10. The summed E-state index contributed by atoms with van der Waals surface area (Å²) < 4.78 is 3.32. The van der Waals surface area contributed by atoms with Gasteiger partial charge in [-0.3, -0.25) is 9.59 Å². The number of anilines is 8. The number of nitrogens with zero attached hydrogens (tertiary/aromatic N) is 8. The van der Waals surface area contributed by atoms with Crippen molar-refractivity contribution in [1.82, 2.24) is 39.2 Å². The van der Waals surface area contributed by atoms with E-state index in [1.165, 1.54) is 0 Å². The third-order valence-electron chi connectivity index (χ3n) is 8.98. The van der Waals surface area contributed by atoms with Crippen LogP contribution in [0.2, 0.25) is 0 Å². The second-order valence-electron chi connectivity index (χ2n) is 13.1. The van der Waals surface area contributed by atoms with Crippen molar-refractivity contribution in [3.8, 4) is 0 Å². The monoisotopic (exact) mass is 658 g/mol. The van der Waals surface area contributed by atoms with Crippen LogP contribution in [-0.4, -0.2) is 64.1 Å². The van der Waals surface area contributed by atoms with E-state index in [1.807, 2.05) is 64.1 Å². The average molecular weight is 659 g/mol. The Kier molecular flexibility index (Phi) is 6.83. The van der Waals surface area contributed by atoms with Gasteiger partial charge in [-0.05, 0) is 69.5 Å². The van der Waals surface area contributed by atoms with Crippen LogP contribution in [0.4, 0.5) is 46.3 Å². The molecule has 6 aromatic rings. The van der Waals surface area contributed by atoms with Gasteiger partial charge in [0.15, 0.2) is 22.9 Å². The number of hydrogen-bond donors (Lipinski definition) is 6. The van der Waals surface area contributed by atoms with Crippen LogP contribution in [0.3, 0.4) is 0 Å². The number of carbonyl (C=O) groups is 2. The molecule has 0 bridgehead atoms. The summed E-state index contributed by atoms with van der Waals surface area (Å²) in [4.78, 5) is 42.9. The van der Waals surface area contributed by atoms with Crippen LogP contribution in [0.1, 0.15) is 45.2 Å². The number of aromatic nitrogens is 8. The lowest BCUT2D eigenvalue weighted by Gasteiger charge is -2.14. The maximum Gasteiger partial charge on any atom is 0.247 e. The molecule has 0 aliphatic carbocycles. The normalized spacial score (nSPS) is 15.5. The molecule has 2 aliphatic rings. The fraction of sp³-hybridized carbons (Fsp3) is 0.273. The van der Waals surface area contributed by atoms with Gasteiger partial charge in [0, 0.05) is 60.6 Å². The lowest BCUT2D eigenvalue weighted by Crippen LogP contribution is -2.26. The molecular weight excluding hydrogens is 624 g/mol. The Morgan fingerprint density at radius 1 is 0.673 bits per heavy atom. The van der Waals surface area contributed by atoms with Crippen LogP contribution in [0, 0.1) is 0 Å². The number of nitrogens with one attached hydrogen (secondary N) is 6. The molecule has 0 fully saturated rings. The molecule has 2 aromatic carbocycles. The van der Waals surface area contributed by atoms with E-state index in [0.29, 0.717) is 47.9 Å². The topological polar surface area (TPSA) is 192 Å². The second kappa shape index (κ2) is 11.1. The van der Waals surface area contributed by atoms with Crippen molar-refractivity contribution < 1.29 is 9.59 Å². The van der Waals surface area contributed by atoms with Crippen LogP contribution in [0.25, 0.3) is 11.3 Å². The number of hydrogen-bond acceptors (Lipinski definition) is 12. The van der Waals surface area contributed by atoms with Gasteiger partial charge in [-0.25, -0.2) is 19.0 Å². The molecule has 16 nitrogen and oxygen atoms in total. The summed E-state index contributed by atoms with van der Waals surface area (Å²) in [7, 11) is 0. The van der Waals surface area contributed by atoms with Crippen molar-refractivity contribution >= 4 is 69.4 Å². The lowest BCUT2D eigenvalue weighted by molar-refractivity contribution is -0.120. The molecule has 2 amide bonds. The standard InChI is InChI=1S/C33H34N14O2/c1-32(2)20-8-6-18(16-22(20)40-28(32)48)38-30-42-26-24(36-12-14-46(26)44-30)34-10-5-11-35-25-27-43-31(45-47(27)15-13-37-25)39-19-7-9-21-23(17-19)41-29(49)33(21,3)4/h6-9,12-17H,5,10-11H2,1-4H3,(H,34,36)(H,35,37)(H,38,44)(H,39,45)(H,40,48)(H,41,49). The predicted octanol–water partition coefficient (Wildman–Crippen LogP) is 4.42. The smallest absolute Gasteiger partial charge is 0.247 e. The summed E-state index contributed by atoms with van der Waals surface area (Å²) in [5, 5.41) is 28.1. The van der Waals surface area contributed by atoms with Gasteiger partial charge in [-0.15, -0.1) is 10.2 Å². The molecule has 0 radical (unpaired) electrons. The van der Waals surface area contributed by atoms with Crippen molar-refractivity contribution in [2.75, 3.05) is 45.0 Å². The first-order valence-electron chi connectivity index (χ1n) is 15.9. The van der Waals surface area contributed by atoms with Gasteiger partial charge in [0.1, 0.15) is 0 Å². The second-order valence-corrected chi connectivity index (χ2v) is 13.1. The zero-order valence-electron chi connectivity index (χ0n) is 27.3. The highest BCUT2D eigenvalue weighted by Gasteiger charge is 2.39. The number of carbonyl (C=O) groups excluding carboxylic acids is 2. The van der Waals surface area contributed by atoms with E-state index in [-0.39, 0.29) is 11.8 Å². The van der Waals surface area contributed by atoms with E-state index in [9.17, 15) is 9.59 Å². The molecule has 4 aromatic heterocycles. The van der Waals surface area contributed by atoms with Crippen LogP contribution in [0.15, 0.2) is 61.2 Å². The zero-order valence-corrected chi connectivity index (χ0v) is 27.3. The largest absolute Gasteiger partial charge is 0.367 e. The van der Waals surface area contributed by atoms with Crippen molar-refractivity contribution in [1.29, 1.82) is 0 Å². The summed E-state index contributed by atoms with van der Waals surface area (Å²) in [6, 6.07) is 11.5. The highest BCUT2D eigenvalue weighted by Crippen LogP contribution is 2.40. The van der Waals surface area contributed by atoms with Crippen LogP contribution in [0.5, 0.6) is 0 Å². The molecule has 0 atom stereocenters. The first kappa shape index (κ1) is 30.0. The molecule has 248 valence electrons. The first-order chi connectivity index (χ1) is 23.6. The molecule has 0 saturated carbocycles. The SMILES string of the molecule is CC1(C)C(=O)Nc2cc(Nc3nc4c(NCCCNc5nccn6nc(Nc7ccc8c(c7)NC(=O)C8(C)C)nc56)nccn4n3)ccc21. The van der Waals surface area contributed by atoms with E-state index in [2.05, 4.69) is 62.0 Å². The highest BCUT2D eigenvalue weighted by atomic mass is 16.2. The van der Waals surface area contributed by atoms with Gasteiger partial charge in [-0.2, -0.15) is 9.97 Å². The van der Waals surface area contributed by atoms with Gasteiger partial charge in [-0.1, -0.05) is 12.1 Å². The van der Waals surface area contributed by atoms with Crippen LogP contribution < -0.4 is 31.9 Å². The molecule has 6 heterocycles. The Hall–Kier alpha value is -6.32. The zero-order chi connectivity index (χ0) is 33.9. The lowest BCUT2D eigenvalue weighted by atomic mass is 9.86. The Morgan fingerprint density at radius 3 is 1.57 bits per heavy atom. The van der Waals surface area contributed by atoms with Crippen molar-refractivity contribution in [2.24, 2.45) is 0 Å². The number of amides is 2. The third kappa shape index (κ3) is 5.26. The molecule has 2 aliphatic heterocycles.